The van der Waals surface area contributed by atoms with Crippen LogP contribution in [0.5, 0.6) is 5.88 Å². The Balaban J connectivity index is 1.11. The quantitative estimate of drug-likeness (QED) is 0.294. The largest absolute Gasteiger partial charge is 0.472 e. The number of aromatic nitrogens is 3. The second-order valence-electron chi connectivity index (χ2n) is 12.6. The van der Waals surface area contributed by atoms with Crippen molar-refractivity contribution in [2.24, 2.45) is 0 Å². The van der Waals surface area contributed by atoms with Crippen LogP contribution in [0.1, 0.15) is 50.7 Å². The number of likely N-dealkylation sites (tertiary alicyclic amines) is 2. The molecular formula is C37H43N7O5. The maximum atomic E-state index is 12.9. The van der Waals surface area contributed by atoms with Gasteiger partial charge in [0.15, 0.2) is 5.65 Å². The summed E-state index contributed by atoms with van der Waals surface area (Å²) in [6.45, 7) is 9.71. The topological polar surface area (TPSA) is 114 Å². The number of benzene rings is 1. The summed E-state index contributed by atoms with van der Waals surface area (Å²) in [5.74, 6) is 7.23. The van der Waals surface area contributed by atoms with E-state index in [9.17, 15) is 9.59 Å². The Kier molecular flexibility index (Phi) is 10.8. The van der Waals surface area contributed by atoms with Crippen molar-refractivity contribution in [3.63, 3.8) is 0 Å². The number of nitrogens with zero attached hydrogens (tertiary/aromatic N) is 6. The van der Waals surface area contributed by atoms with Crippen molar-refractivity contribution < 1.29 is 23.8 Å². The molecule has 2 amide bonds. The number of hydrogen-bond acceptors (Lipinski definition) is 9. The molecule has 0 radical (unpaired) electrons. The average molecular weight is 666 g/mol. The number of rotatable bonds is 9. The molecule has 1 atom stereocenters. The van der Waals surface area contributed by atoms with Crippen LogP contribution in [0, 0.1) is 11.8 Å². The molecule has 0 spiro atoms. The number of anilines is 1. The molecule has 3 aliphatic heterocycles. The zero-order chi connectivity index (χ0) is 34.2. The summed E-state index contributed by atoms with van der Waals surface area (Å²) in [6, 6.07) is 11.5. The normalized spacial score (nSPS) is 20.6. The molecule has 12 nitrogen and oxygen atoms in total. The molecule has 0 aliphatic carbocycles. The minimum Gasteiger partial charge on any atom is -0.472 e. The van der Waals surface area contributed by atoms with Crippen molar-refractivity contribution in [1.29, 1.82) is 0 Å². The van der Waals surface area contributed by atoms with Crippen LogP contribution >= 0.6 is 0 Å². The number of carbonyl (C=O) groups is 2. The molecule has 2 aromatic heterocycles. The zero-order valence-corrected chi connectivity index (χ0v) is 28.2. The van der Waals surface area contributed by atoms with Crippen molar-refractivity contribution in [3.05, 3.63) is 89.9 Å². The Bertz CT molecular complexity index is 1780. The van der Waals surface area contributed by atoms with E-state index in [4.69, 9.17) is 19.2 Å². The molecule has 49 heavy (non-hydrogen) atoms. The predicted octanol–water partition coefficient (Wildman–Crippen LogP) is 5.56. The van der Waals surface area contributed by atoms with Gasteiger partial charge in [0.25, 0.3) is 0 Å². The predicted molar refractivity (Wildman–Crippen MR) is 186 cm³/mol. The van der Waals surface area contributed by atoms with Gasteiger partial charge in [-0.25, -0.2) is 9.59 Å². The van der Waals surface area contributed by atoms with E-state index in [0.717, 1.165) is 29.7 Å². The second-order valence-corrected chi connectivity index (χ2v) is 12.6. The highest BCUT2D eigenvalue weighted by molar-refractivity contribution is 5.70. The van der Waals surface area contributed by atoms with Crippen LogP contribution in [0.15, 0.2) is 78.8 Å². The molecule has 256 valence electrons. The molecule has 2 saturated heterocycles. The third kappa shape index (κ3) is 8.61. The minimum absolute atomic E-state index is 0.123. The Morgan fingerprint density at radius 1 is 1.10 bits per heavy atom. The van der Waals surface area contributed by atoms with Gasteiger partial charge in [0.1, 0.15) is 24.6 Å². The molecule has 0 bridgehead atoms. The van der Waals surface area contributed by atoms with Gasteiger partial charge in [0, 0.05) is 49.7 Å². The summed E-state index contributed by atoms with van der Waals surface area (Å²) in [6.07, 6.45) is 11.5. The maximum Gasteiger partial charge on any atom is 0.414 e. The molecule has 6 rings (SSSR count). The zero-order valence-electron chi connectivity index (χ0n) is 28.2. The Morgan fingerprint density at radius 2 is 1.94 bits per heavy atom. The van der Waals surface area contributed by atoms with Gasteiger partial charge in [-0.3, -0.25) is 9.80 Å². The number of ether oxygens (including phenoxy) is 3. The van der Waals surface area contributed by atoms with Gasteiger partial charge in [-0.1, -0.05) is 56.2 Å². The fraction of sp³-hybridized carbons (Fsp3) is 0.405. The van der Waals surface area contributed by atoms with Crippen molar-refractivity contribution in [2.45, 2.75) is 58.3 Å². The molecule has 3 aliphatic rings. The molecule has 3 aromatic rings. The lowest BCUT2D eigenvalue weighted by molar-refractivity contribution is -0.0153. The first-order valence-electron chi connectivity index (χ1n) is 16.8. The Labute approximate surface area is 287 Å². The monoisotopic (exact) mass is 665 g/mol. The lowest BCUT2D eigenvalue weighted by Gasteiger charge is -2.37. The molecule has 2 fully saturated rings. The van der Waals surface area contributed by atoms with Crippen LogP contribution in [-0.2, 0) is 16.1 Å². The fourth-order valence-corrected chi connectivity index (χ4v) is 5.85. The minimum atomic E-state index is -0.377. The summed E-state index contributed by atoms with van der Waals surface area (Å²) in [5, 5.41) is 8.10. The lowest BCUT2D eigenvalue weighted by Crippen LogP contribution is -2.53. The number of allylic oxidation sites excluding steroid dienone is 3. The molecular weight excluding hydrogens is 622 g/mol. The van der Waals surface area contributed by atoms with Crippen molar-refractivity contribution in [1.82, 2.24) is 29.3 Å². The van der Waals surface area contributed by atoms with E-state index in [-0.39, 0.29) is 36.9 Å². The standard InChI is InChI=1S/C37H43N7O5/c1-4-5-17-41-23-31(24-41)49-37(46)42-18-9-14-29(15-10-19-42)39-33-21-34(40-35-32(27(2)3)22-38-44(33)35)48-30-16-11-20-43(25-30)36(45)47-26-28-12-7-6-8-13-28/h6-10,12-15,18,21-22,27,30-31,39H,11,16-17,19-20,23-26H2,1-3H3/b15-10-,18-9-,29-14+/t30-/m1/s1. The van der Waals surface area contributed by atoms with Gasteiger partial charge in [0.05, 0.1) is 19.3 Å². The van der Waals surface area contributed by atoms with Crippen LogP contribution in [0.4, 0.5) is 15.4 Å². The first-order chi connectivity index (χ1) is 23.9. The molecule has 0 saturated carbocycles. The summed E-state index contributed by atoms with van der Waals surface area (Å²) >= 11 is 0. The molecule has 12 heteroatoms. The van der Waals surface area contributed by atoms with Gasteiger partial charge in [-0.2, -0.15) is 14.6 Å². The smallest absolute Gasteiger partial charge is 0.414 e. The van der Waals surface area contributed by atoms with Crippen molar-refractivity contribution in [3.8, 4) is 17.7 Å². The summed E-state index contributed by atoms with van der Waals surface area (Å²) in [4.78, 5) is 35.9. The first-order valence-corrected chi connectivity index (χ1v) is 16.8. The van der Waals surface area contributed by atoms with Gasteiger partial charge < -0.3 is 24.4 Å². The molecule has 1 N–H and O–H groups in total. The average Bonchev–Trinajstić information content (AvgIpc) is 3.51. The van der Waals surface area contributed by atoms with Gasteiger partial charge in [-0.05, 0) is 49.5 Å². The van der Waals surface area contributed by atoms with E-state index in [2.05, 4.69) is 41.0 Å². The molecule has 0 unspecified atom stereocenters. The van der Waals surface area contributed by atoms with Crippen LogP contribution in [-0.4, -0.2) is 93.0 Å². The summed E-state index contributed by atoms with van der Waals surface area (Å²) in [7, 11) is 0. The van der Waals surface area contributed by atoms with E-state index in [0.29, 0.717) is 56.6 Å². The number of fused-ring (bicyclic) bond motifs is 1. The summed E-state index contributed by atoms with van der Waals surface area (Å²) < 4.78 is 19.4. The van der Waals surface area contributed by atoms with Crippen LogP contribution in [0.2, 0.25) is 0 Å². The second kappa shape index (κ2) is 15.7. The third-order valence-electron chi connectivity index (χ3n) is 8.55. The van der Waals surface area contributed by atoms with E-state index in [1.54, 1.807) is 20.5 Å². The van der Waals surface area contributed by atoms with E-state index < -0.39 is 0 Å². The van der Waals surface area contributed by atoms with Crippen molar-refractivity contribution in [2.75, 3.05) is 44.6 Å². The van der Waals surface area contributed by atoms with Crippen LogP contribution < -0.4 is 10.1 Å². The van der Waals surface area contributed by atoms with Crippen LogP contribution in [0.25, 0.3) is 5.65 Å². The van der Waals surface area contributed by atoms with E-state index >= 15 is 0 Å². The first kappa shape index (κ1) is 33.6. The van der Waals surface area contributed by atoms with Gasteiger partial charge in [0.2, 0.25) is 5.88 Å². The van der Waals surface area contributed by atoms with Crippen molar-refractivity contribution >= 4 is 23.7 Å². The Morgan fingerprint density at radius 3 is 2.73 bits per heavy atom. The highest BCUT2D eigenvalue weighted by Crippen LogP contribution is 2.28. The SMILES string of the molecule is CC#CCN1CC(OC(=O)N2\C=C/C=C(Nc3cc(O[C@@H]4CCCN(C(=O)OCc5ccccc5)C4)nc4c(C(C)C)cnn34)\C=C/C2)C1. The van der Waals surface area contributed by atoms with Gasteiger partial charge >= 0.3 is 12.2 Å². The number of nitrogens with one attached hydrogen (secondary N) is 1. The third-order valence-corrected chi connectivity index (χ3v) is 8.55. The van der Waals surface area contributed by atoms with Crippen LogP contribution in [0.3, 0.4) is 0 Å². The van der Waals surface area contributed by atoms with Gasteiger partial charge in [-0.15, -0.1) is 5.92 Å². The highest BCUT2D eigenvalue weighted by Gasteiger charge is 2.31. The number of carbonyl (C=O) groups excluding carboxylic acids is 2. The molecule has 5 heterocycles. The maximum absolute atomic E-state index is 12.9. The number of amides is 2. The van der Waals surface area contributed by atoms with E-state index in [1.807, 2.05) is 73.8 Å². The fourth-order valence-electron chi connectivity index (χ4n) is 5.85. The van der Waals surface area contributed by atoms with E-state index in [1.165, 1.54) is 0 Å². The molecule has 1 aromatic carbocycles. The highest BCUT2D eigenvalue weighted by atomic mass is 16.6. The lowest BCUT2D eigenvalue weighted by atomic mass is 10.1. The summed E-state index contributed by atoms with van der Waals surface area (Å²) in [5.41, 5.74) is 3.42. The number of hydrogen-bond donors (Lipinski definition) is 1. The number of piperidine rings is 1. The Hall–Kier alpha value is -5.28.